The molecule has 0 aromatic heterocycles. The van der Waals surface area contributed by atoms with Crippen LogP contribution in [0.25, 0.3) is 0 Å². The number of rotatable bonds is 6. The molecular weight excluding hydrogens is 262 g/mol. The van der Waals surface area contributed by atoms with E-state index < -0.39 is 0 Å². The zero-order chi connectivity index (χ0) is 15.1. The molecule has 2 aromatic rings. The molecule has 0 saturated heterocycles. The van der Waals surface area contributed by atoms with E-state index >= 15 is 0 Å². The van der Waals surface area contributed by atoms with Gasteiger partial charge in [-0.05, 0) is 24.6 Å². The van der Waals surface area contributed by atoms with Gasteiger partial charge in [0.1, 0.15) is 6.61 Å². The van der Waals surface area contributed by atoms with E-state index in [-0.39, 0.29) is 11.9 Å². The van der Waals surface area contributed by atoms with Gasteiger partial charge in [-0.25, -0.2) is 0 Å². The van der Waals surface area contributed by atoms with E-state index in [1.165, 1.54) is 5.56 Å². The number of anilines is 1. The predicted molar refractivity (Wildman–Crippen MR) is 85.1 cm³/mol. The highest BCUT2D eigenvalue weighted by Crippen LogP contribution is 2.10. The van der Waals surface area contributed by atoms with E-state index in [4.69, 9.17) is 4.74 Å². The molecule has 0 amide bonds. The Morgan fingerprint density at radius 1 is 1.10 bits per heavy atom. The lowest BCUT2D eigenvalue weighted by Gasteiger charge is -2.13. The highest BCUT2D eigenvalue weighted by molar-refractivity contribution is 5.72. The van der Waals surface area contributed by atoms with Crippen molar-refractivity contribution in [2.45, 2.75) is 20.5 Å². The molecule has 3 nitrogen and oxygen atoms in total. The molecule has 0 heterocycles. The number of aryl methyl sites for hydroxylation is 1. The van der Waals surface area contributed by atoms with Crippen LogP contribution in [0.1, 0.15) is 18.1 Å². The van der Waals surface area contributed by atoms with Crippen molar-refractivity contribution in [3.63, 3.8) is 0 Å². The Hall–Kier alpha value is -2.29. The number of benzene rings is 2. The summed E-state index contributed by atoms with van der Waals surface area (Å²) in [6, 6.07) is 17.8. The Morgan fingerprint density at radius 2 is 1.76 bits per heavy atom. The molecule has 1 atom stereocenters. The lowest BCUT2D eigenvalue weighted by Crippen LogP contribution is -2.22. The number of nitrogens with one attached hydrogen (secondary N) is 1. The highest BCUT2D eigenvalue weighted by Gasteiger charge is 2.14. The first-order valence-electron chi connectivity index (χ1n) is 7.16. The number of carbonyl (C=O) groups is 1. The van der Waals surface area contributed by atoms with E-state index in [1.54, 1.807) is 0 Å². The van der Waals surface area contributed by atoms with Crippen LogP contribution in [0.4, 0.5) is 5.69 Å². The SMILES string of the molecule is Cc1ccc(NCC(C)C(=O)OCc2ccccc2)cc1. The van der Waals surface area contributed by atoms with Gasteiger partial charge in [0, 0.05) is 12.2 Å². The first-order valence-corrected chi connectivity index (χ1v) is 7.16. The first kappa shape index (κ1) is 15.1. The molecule has 0 aliphatic carbocycles. The molecule has 0 radical (unpaired) electrons. The summed E-state index contributed by atoms with van der Waals surface area (Å²) in [5.74, 6) is -0.367. The maximum absolute atomic E-state index is 11.9. The Labute approximate surface area is 126 Å². The number of ether oxygens (including phenoxy) is 1. The predicted octanol–water partition coefficient (Wildman–Crippen LogP) is 3.79. The van der Waals surface area contributed by atoms with Crippen LogP contribution < -0.4 is 5.32 Å². The number of esters is 1. The quantitative estimate of drug-likeness (QED) is 0.820. The lowest BCUT2D eigenvalue weighted by atomic mass is 10.1. The minimum Gasteiger partial charge on any atom is -0.461 e. The highest BCUT2D eigenvalue weighted by atomic mass is 16.5. The van der Waals surface area contributed by atoms with E-state index in [0.717, 1.165) is 11.3 Å². The molecule has 0 aliphatic rings. The third-order valence-electron chi connectivity index (χ3n) is 3.29. The van der Waals surface area contributed by atoms with Crippen molar-refractivity contribution >= 4 is 11.7 Å². The smallest absolute Gasteiger partial charge is 0.310 e. The monoisotopic (exact) mass is 283 g/mol. The molecule has 0 saturated carbocycles. The average Bonchev–Trinajstić information content (AvgIpc) is 2.52. The van der Waals surface area contributed by atoms with Crippen molar-refractivity contribution in [2.75, 3.05) is 11.9 Å². The molecule has 1 N–H and O–H groups in total. The van der Waals surface area contributed by atoms with Gasteiger partial charge in [0.25, 0.3) is 0 Å². The van der Waals surface area contributed by atoms with Gasteiger partial charge < -0.3 is 10.1 Å². The van der Waals surface area contributed by atoms with Crippen molar-refractivity contribution < 1.29 is 9.53 Å². The van der Waals surface area contributed by atoms with Gasteiger partial charge in [-0.3, -0.25) is 4.79 Å². The van der Waals surface area contributed by atoms with Crippen molar-refractivity contribution in [1.29, 1.82) is 0 Å². The summed E-state index contributed by atoms with van der Waals surface area (Å²) >= 11 is 0. The van der Waals surface area contributed by atoms with Crippen LogP contribution in [0.3, 0.4) is 0 Å². The number of hydrogen-bond donors (Lipinski definition) is 1. The van der Waals surface area contributed by atoms with Gasteiger partial charge in [0.05, 0.1) is 5.92 Å². The van der Waals surface area contributed by atoms with Crippen LogP contribution in [0.2, 0.25) is 0 Å². The summed E-state index contributed by atoms with van der Waals surface area (Å²) in [7, 11) is 0. The van der Waals surface area contributed by atoms with Gasteiger partial charge in [0.2, 0.25) is 0 Å². The normalized spacial score (nSPS) is 11.7. The second-order valence-electron chi connectivity index (χ2n) is 5.24. The minimum absolute atomic E-state index is 0.182. The number of hydrogen-bond acceptors (Lipinski definition) is 3. The van der Waals surface area contributed by atoms with Crippen LogP contribution in [-0.2, 0) is 16.1 Å². The molecule has 1 unspecified atom stereocenters. The van der Waals surface area contributed by atoms with Crippen molar-refractivity contribution in [1.82, 2.24) is 0 Å². The summed E-state index contributed by atoms with van der Waals surface area (Å²) in [5.41, 5.74) is 3.24. The third kappa shape index (κ3) is 4.95. The fraction of sp³-hybridized carbons (Fsp3) is 0.278. The molecule has 2 rings (SSSR count). The largest absolute Gasteiger partial charge is 0.461 e. The Bertz CT molecular complexity index is 564. The van der Waals surface area contributed by atoms with Gasteiger partial charge in [-0.2, -0.15) is 0 Å². The summed E-state index contributed by atoms with van der Waals surface area (Å²) in [5, 5.41) is 3.25. The van der Waals surface area contributed by atoms with Crippen LogP contribution in [0.15, 0.2) is 54.6 Å². The van der Waals surface area contributed by atoms with Crippen LogP contribution in [0.5, 0.6) is 0 Å². The maximum atomic E-state index is 11.9. The zero-order valence-corrected chi connectivity index (χ0v) is 12.5. The standard InChI is InChI=1S/C18H21NO2/c1-14-8-10-17(11-9-14)19-12-15(2)18(20)21-13-16-6-4-3-5-7-16/h3-11,15,19H,12-13H2,1-2H3. The summed E-state index contributed by atoms with van der Waals surface area (Å²) in [4.78, 5) is 11.9. The summed E-state index contributed by atoms with van der Waals surface area (Å²) < 4.78 is 5.32. The molecule has 2 aromatic carbocycles. The summed E-state index contributed by atoms with van der Waals surface area (Å²) in [6.45, 7) is 4.81. The van der Waals surface area contributed by atoms with Gasteiger partial charge in [-0.15, -0.1) is 0 Å². The first-order chi connectivity index (χ1) is 10.1. The Kier molecular flexibility index (Phi) is 5.38. The fourth-order valence-corrected chi connectivity index (χ4v) is 1.90. The van der Waals surface area contributed by atoms with Crippen LogP contribution >= 0.6 is 0 Å². The molecule has 0 bridgehead atoms. The average molecular weight is 283 g/mol. The lowest BCUT2D eigenvalue weighted by molar-refractivity contribution is -0.148. The van der Waals surface area contributed by atoms with Gasteiger partial charge in [-0.1, -0.05) is 55.0 Å². The van der Waals surface area contributed by atoms with E-state index in [2.05, 4.69) is 5.32 Å². The molecular formula is C18H21NO2. The van der Waals surface area contributed by atoms with Crippen molar-refractivity contribution in [3.05, 3.63) is 65.7 Å². The van der Waals surface area contributed by atoms with Crippen molar-refractivity contribution in [2.24, 2.45) is 5.92 Å². The molecule has 21 heavy (non-hydrogen) atoms. The van der Waals surface area contributed by atoms with Crippen LogP contribution in [-0.4, -0.2) is 12.5 Å². The minimum atomic E-state index is -0.185. The molecule has 3 heteroatoms. The number of carbonyl (C=O) groups excluding carboxylic acids is 1. The second-order valence-corrected chi connectivity index (χ2v) is 5.24. The van der Waals surface area contributed by atoms with E-state index in [9.17, 15) is 4.79 Å². The van der Waals surface area contributed by atoms with Gasteiger partial charge in [0.15, 0.2) is 0 Å². The Balaban J connectivity index is 1.76. The topological polar surface area (TPSA) is 38.3 Å². The molecule has 0 aliphatic heterocycles. The van der Waals surface area contributed by atoms with E-state index in [1.807, 2.05) is 68.4 Å². The fourth-order valence-electron chi connectivity index (χ4n) is 1.90. The van der Waals surface area contributed by atoms with Crippen molar-refractivity contribution in [3.8, 4) is 0 Å². The zero-order valence-electron chi connectivity index (χ0n) is 12.5. The molecule has 0 fully saturated rings. The third-order valence-corrected chi connectivity index (χ3v) is 3.29. The summed E-state index contributed by atoms with van der Waals surface area (Å²) in [6.07, 6.45) is 0. The van der Waals surface area contributed by atoms with Crippen LogP contribution in [0, 0.1) is 12.8 Å². The molecule has 0 spiro atoms. The molecule has 110 valence electrons. The van der Waals surface area contributed by atoms with Gasteiger partial charge >= 0.3 is 5.97 Å². The second kappa shape index (κ2) is 7.48. The Morgan fingerprint density at radius 3 is 2.43 bits per heavy atom. The maximum Gasteiger partial charge on any atom is 0.310 e. The van der Waals surface area contributed by atoms with E-state index in [0.29, 0.717) is 13.2 Å².